The third-order valence-electron chi connectivity index (χ3n) is 4.69. The molecule has 0 unspecified atom stereocenters. The highest BCUT2D eigenvalue weighted by atomic mass is 16.5. The Kier molecular flexibility index (Phi) is 5.26. The van der Waals surface area contributed by atoms with Crippen molar-refractivity contribution in [3.63, 3.8) is 0 Å². The van der Waals surface area contributed by atoms with Gasteiger partial charge in [-0.1, -0.05) is 12.1 Å². The van der Waals surface area contributed by atoms with Crippen LogP contribution >= 0.6 is 0 Å². The molecule has 2 aliphatic rings. The maximum atomic E-state index is 12.8. The Morgan fingerprint density at radius 3 is 2.76 bits per heavy atom. The van der Waals surface area contributed by atoms with Crippen LogP contribution in [0.3, 0.4) is 0 Å². The molecule has 1 aromatic rings. The summed E-state index contributed by atoms with van der Waals surface area (Å²) in [5.74, 6) is 1.45. The lowest BCUT2D eigenvalue weighted by molar-refractivity contribution is -0.132. The predicted molar refractivity (Wildman–Crippen MR) is 94.5 cm³/mol. The van der Waals surface area contributed by atoms with Crippen molar-refractivity contribution in [3.8, 4) is 11.5 Å². The average molecular weight is 344 g/mol. The number of fused-ring (bicyclic) bond motifs is 1. The summed E-state index contributed by atoms with van der Waals surface area (Å²) in [5, 5.41) is 2.68. The Bertz CT molecular complexity index is 691. The van der Waals surface area contributed by atoms with E-state index in [-0.39, 0.29) is 24.3 Å². The van der Waals surface area contributed by atoms with Crippen molar-refractivity contribution in [3.05, 3.63) is 29.3 Å². The van der Waals surface area contributed by atoms with Gasteiger partial charge < -0.3 is 19.7 Å². The molecule has 134 valence electrons. The van der Waals surface area contributed by atoms with Crippen LogP contribution in [0, 0.1) is 5.92 Å². The minimum atomic E-state index is -0.0113. The maximum absolute atomic E-state index is 12.8. The Labute approximate surface area is 147 Å². The van der Waals surface area contributed by atoms with E-state index < -0.39 is 0 Å². The minimum Gasteiger partial charge on any atom is -0.490 e. The highest BCUT2D eigenvalue weighted by molar-refractivity contribution is 5.99. The van der Waals surface area contributed by atoms with Crippen molar-refractivity contribution in [2.24, 2.45) is 5.92 Å². The normalized spacial score (nSPS) is 17.2. The van der Waals surface area contributed by atoms with Gasteiger partial charge in [0.2, 0.25) is 5.91 Å². The number of hydrogen-bond donors (Lipinski definition) is 1. The molecule has 2 aliphatic heterocycles. The van der Waals surface area contributed by atoms with Gasteiger partial charge in [-0.3, -0.25) is 9.59 Å². The van der Waals surface area contributed by atoms with E-state index >= 15 is 0 Å². The van der Waals surface area contributed by atoms with Gasteiger partial charge in [-0.05, 0) is 31.9 Å². The monoisotopic (exact) mass is 344 g/mol. The minimum absolute atomic E-state index is 0.000104. The largest absolute Gasteiger partial charge is 0.490 e. The number of carbonyl (C=O) groups is 2. The van der Waals surface area contributed by atoms with Crippen molar-refractivity contribution in [2.75, 3.05) is 33.4 Å². The quantitative estimate of drug-likeness (QED) is 0.905. The molecule has 6 nitrogen and oxygen atoms in total. The molecule has 0 spiro atoms. The Morgan fingerprint density at radius 1 is 1.32 bits per heavy atom. The molecule has 1 N–H and O–H groups in total. The van der Waals surface area contributed by atoms with Crippen LogP contribution in [0.2, 0.25) is 0 Å². The van der Waals surface area contributed by atoms with E-state index in [1.54, 1.807) is 7.05 Å². The smallest absolute Gasteiger partial charge is 0.253 e. The Morgan fingerprint density at radius 2 is 2.08 bits per heavy atom. The van der Waals surface area contributed by atoms with Crippen molar-refractivity contribution < 1.29 is 19.1 Å². The van der Waals surface area contributed by atoms with Gasteiger partial charge in [0.1, 0.15) is 6.61 Å². The molecule has 1 saturated heterocycles. The van der Waals surface area contributed by atoms with Crippen molar-refractivity contribution in [1.82, 2.24) is 10.2 Å². The summed E-state index contributed by atoms with van der Waals surface area (Å²) in [7, 11) is 1.65. The standard InChI is InChI=1S/C19H24N2O4/c1-3-24-16-6-4-5-14-11-15(12-25-17(14)16)19(23)21-9-7-13(8-10-21)18(22)20-2/h4-6,11,13H,3,7-10,12H2,1-2H3,(H,20,22). The Hall–Kier alpha value is -2.50. The summed E-state index contributed by atoms with van der Waals surface area (Å²) < 4.78 is 11.4. The van der Waals surface area contributed by atoms with Crippen molar-refractivity contribution >= 4 is 17.9 Å². The number of para-hydroxylation sites is 1. The zero-order valence-corrected chi connectivity index (χ0v) is 14.7. The SMILES string of the molecule is CCOc1cccc2c1OCC(C(=O)N1CCC(C(=O)NC)CC1)=C2. The highest BCUT2D eigenvalue weighted by Gasteiger charge is 2.29. The number of amides is 2. The molecule has 0 saturated carbocycles. The molecule has 25 heavy (non-hydrogen) atoms. The van der Waals surface area contributed by atoms with Crippen LogP contribution < -0.4 is 14.8 Å². The van der Waals surface area contributed by atoms with Gasteiger partial charge in [-0.15, -0.1) is 0 Å². The average Bonchev–Trinajstić information content (AvgIpc) is 2.67. The van der Waals surface area contributed by atoms with Gasteiger partial charge in [-0.25, -0.2) is 0 Å². The molecular formula is C19H24N2O4. The van der Waals surface area contributed by atoms with Gasteiger partial charge in [0.25, 0.3) is 5.91 Å². The first kappa shape index (κ1) is 17.3. The second-order valence-corrected chi connectivity index (χ2v) is 6.25. The summed E-state index contributed by atoms with van der Waals surface area (Å²) >= 11 is 0. The van der Waals surface area contributed by atoms with E-state index in [0.29, 0.717) is 49.6 Å². The number of piperidine rings is 1. The molecule has 2 amide bonds. The fourth-order valence-electron chi connectivity index (χ4n) is 3.32. The van der Waals surface area contributed by atoms with E-state index in [2.05, 4.69) is 5.32 Å². The molecule has 0 aliphatic carbocycles. The topological polar surface area (TPSA) is 67.9 Å². The summed E-state index contributed by atoms with van der Waals surface area (Å²) in [6, 6.07) is 5.68. The van der Waals surface area contributed by atoms with E-state index in [4.69, 9.17) is 9.47 Å². The van der Waals surface area contributed by atoms with Gasteiger partial charge >= 0.3 is 0 Å². The van der Waals surface area contributed by atoms with E-state index in [9.17, 15) is 9.59 Å². The van der Waals surface area contributed by atoms with Crippen LogP contribution in [0.15, 0.2) is 23.8 Å². The molecule has 1 aromatic carbocycles. The lowest BCUT2D eigenvalue weighted by Gasteiger charge is -2.32. The number of nitrogens with zero attached hydrogens (tertiary/aromatic N) is 1. The molecule has 0 radical (unpaired) electrons. The van der Waals surface area contributed by atoms with Crippen molar-refractivity contribution in [2.45, 2.75) is 19.8 Å². The van der Waals surface area contributed by atoms with E-state index in [0.717, 1.165) is 5.56 Å². The fourth-order valence-corrected chi connectivity index (χ4v) is 3.32. The lowest BCUT2D eigenvalue weighted by atomic mass is 9.95. The number of benzene rings is 1. The number of carbonyl (C=O) groups excluding carboxylic acids is 2. The second kappa shape index (κ2) is 7.59. The molecule has 0 atom stereocenters. The third-order valence-corrected chi connectivity index (χ3v) is 4.69. The van der Waals surface area contributed by atoms with Crippen LogP contribution in [0.25, 0.3) is 6.08 Å². The summed E-state index contributed by atoms with van der Waals surface area (Å²) in [5.41, 5.74) is 1.50. The fraction of sp³-hybridized carbons (Fsp3) is 0.474. The maximum Gasteiger partial charge on any atom is 0.253 e. The molecule has 3 rings (SSSR count). The number of likely N-dealkylation sites (tertiary alicyclic amines) is 1. The molecule has 1 fully saturated rings. The molecular weight excluding hydrogens is 320 g/mol. The summed E-state index contributed by atoms with van der Waals surface area (Å²) in [6.07, 6.45) is 3.28. The molecule has 0 aromatic heterocycles. The van der Waals surface area contributed by atoms with Crippen molar-refractivity contribution in [1.29, 1.82) is 0 Å². The molecule has 6 heteroatoms. The van der Waals surface area contributed by atoms with Crippen LogP contribution in [-0.4, -0.2) is 50.1 Å². The van der Waals surface area contributed by atoms with Crippen LogP contribution in [-0.2, 0) is 9.59 Å². The zero-order chi connectivity index (χ0) is 17.8. The van der Waals surface area contributed by atoms with Gasteiger partial charge in [0, 0.05) is 31.6 Å². The second-order valence-electron chi connectivity index (χ2n) is 6.25. The molecule has 2 heterocycles. The first-order valence-corrected chi connectivity index (χ1v) is 8.74. The number of nitrogens with one attached hydrogen (secondary N) is 1. The van der Waals surface area contributed by atoms with Gasteiger partial charge in [0.05, 0.1) is 12.2 Å². The number of rotatable bonds is 4. The van der Waals surface area contributed by atoms with Crippen LogP contribution in [0.1, 0.15) is 25.3 Å². The zero-order valence-electron chi connectivity index (χ0n) is 14.7. The summed E-state index contributed by atoms with van der Waals surface area (Å²) in [6.45, 7) is 3.93. The van der Waals surface area contributed by atoms with E-state index in [1.807, 2.05) is 36.1 Å². The molecule has 0 bridgehead atoms. The van der Waals surface area contributed by atoms with Gasteiger partial charge in [-0.2, -0.15) is 0 Å². The first-order valence-electron chi connectivity index (χ1n) is 8.74. The lowest BCUT2D eigenvalue weighted by Crippen LogP contribution is -2.43. The van der Waals surface area contributed by atoms with E-state index in [1.165, 1.54) is 0 Å². The van der Waals surface area contributed by atoms with Crippen LogP contribution in [0.4, 0.5) is 0 Å². The Balaban J connectivity index is 1.70. The highest BCUT2D eigenvalue weighted by Crippen LogP contribution is 2.36. The van der Waals surface area contributed by atoms with Gasteiger partial charge in [0.15, 0.2) is 11.5 Å². The number of ether oxygens (including phenoxy) is 2. The first-order chi connectivity index (χ1) is 12.1. The predicted octanol–water partition coefficient (Wildman–Crippen LogP) is 1.85. The number of hydrogen-bond acceptors (Lipinski definition) is 4. The third kappa shape index (κ3) is 3.62. The summed E-state index contributed by atoms with van der Waals surface area (Å²) in [4.78, 5) is 26.3. The van der Waals surface area contributed by atoms with Crippen LogP contribution in [0.5, 0.6) is 11.5 Å².